The Balaban J connectivity index is 2.63. The van der Waals surface area contributed by atoms with Gasteiger partial charge >= 0.3 is 0 Å². The number of aliphatic hydroxyl groups excluding tert-OH is 1. The molecule has 90 valence electrons. The topological polar surface area (TPSA) is 82.4 Å². The van der Waals surface area contributed by atoms with Crippen LogP contribution in [-0.2, 0) is 11.4 Å². The van der Waals surface area contributed by atoms with Crippen molar-refractivity contribution in [2.45, 2.75) is 6.61 Å². The highest BCUT2D eigenvalue weighted by Gasteiger charge is 2.09. The fourth-order valence-electron chi connectivity index (χ4n) is 1.17. The molecule has 0 heterocycles. The van der Waals surface area contributed by atoms with E-state index in [9.17, 15) is 4.79 Å². The van der Waals surface area contributed by atoms with Gasteiger partial charge in [-0.2, -0.15) is 5.26 Å². The molecule has 1 aromatic rings. The van der Waals surface area contributed by atoms with Gasteiger partial charge in [-0.25, -0.2) is 0 Å². The van der Waals surface area contributed by atoms with Crippen molar-refractivity contribution in [2.75, 3.05) is 13.2 Å². The monoisotopic (exact) mass is 254 g/mol. The number of carbonyl (C=O) groups is 1. The predicted molar refractivity (Wildman–Crippen MR) is 61.5 cm³/mol. The Morgan fingerprint density at radius 2 is 2.35 bits per heavy atom. The Morgan fingerprint density at radius 3 is 3.00 bits per heavy atom. The zero-order chi connectivity index (χ0) is 12.7. The van der Waals surface area contributed by atoms with Gasteiger partial charge in [-0.1, -0.05) is 23.7 Å². The Hall–Kier alpha value is -1.77. The first-order valence-electron chi connectivity index (χ1n) is 4.83. The van der Waals surface area contributed by atoms with Crippen molar-refractivity contribution in [1.82, 2.24) is 5.32 Å². The molecule has 0 atom stereocenters. The second-order valence-electron chi connectivity index (χ2n) is 3.11. The maximum absolute atomic E-state index is 11.2. The third kappa shape index (κ3) is 3.94. The molecule has 0 saturated carbocycles. The molecule has 1 amide bonds. The maximum Gasteiger partial charge on any atom is 0.258 e. The zero-order valence-electron chi connectivity index (χ0n) is 8.94. The second-order valence-corrected chi connectivity index (χ2v) is 3.52. The zero-order valence-corrected chi connectivity index (χ0v) is 9.70. The molecular weight excluding hydrogens is 244 g/mol. The van der Waals surface area contributed by atoms with Crippen LogP contribution in [0, 0.1) is 11.3 Å². The van der Waals surface area contributed by atoms with E-state index in [1.165, 1.54) is 0 Å². The summed E-state index contributed by atoms with van der Waals surface area (Å²) in [6, 6.07) is 6.70. The smallest absolute Gasteiger partial charge is 0.258 e. The number of para-hydroxylation sites is 1. The molecule has 0 radical (unpaired) electrons. The number of ether oxygens (including phenoxy) is 1. The first kappa shape index (κ1) is 13.3. The second kappa shape index (κ2) is 6.74. The molecule has 0 spiro atoms. The molecule has 0 bridgehead atoms. The molecule has 0 unspecified atom stereocenters. The number of nitriles is 1. The minimum absolute atomic E-state index is 0.0719. The summed E-state index contributed by atoms with van der Waals surface area (Å²) in [7, 11) is 0. The van der Waals surface area contributed by atoms with Crippen LogP contribution in [0.5, 0.6) is 5.75 Å². The summed E-state index contributed by atoms with van der Waals surface area (Å²) in [4.78, 5) is 11.2. The Morgan fingerprint density at radius 1 is 1.59 bits per heavy atom. The van der Waals surface area contributed by atoms with E-state index in [0.717, 1.165) is 0 Å². The van der Waals surface area contributed by atoms with Crippen LogP contribution in [0.15, 0.2) is 18.2 Å². The SMILES string of the molecule is N#CCNC(=O)COc1c(Cl)cccc1CO. The molecule has 6 heteroatoms. The summed E-state index contributed by atoms with van der Waals surface area (Å²) in [6.07, 6.45) is 0. The number of nitrogens with zero attached hydrogens (tertiary/aromatic N) is 1. The van der Waals surface area contributed by atoms with Crippen molar-refractivity contribution in [3.8, 4) is 11.8 Å². The highest BCUT2D eigenvalue weighted by atomic mass is 35.5. The van der Waals surface area contributed by atoms with Crippen LogP contribution in [0.25, 0.3) is 0 Å². The average molecular weight is 255 g/mol. The highest BCUT2D eigenvalue weighted by molar-refractivity contribution is 6.32. The molecule has 17 heavy (non-hydrogen) atoms. The fourth-order valence-corrected chi connectivity index (χ4v) is 1.42. The molecule has 0 aliphatic heterocycles. The standard InChI is InChI=1S/C11H11ClN2O3/c12-9-3-1-2-8(6-15)11(9)17-7-10(16)14-5-4-13/h1-3,15H,5-7H2,(H,14,16). The Bertz CT molecular complexity index is 443. The van der Waals surface area contributed by atoms with E-state index in [2.05, 4.69) is 5.32 Å². The van der Waals surface area contributed by atoms with Gasteiger partial charge in [-0.05, 0) is 6.07 Å². The van der Waals surface area contributed by atoms with Crippen molar-refractivity contribution in [3.63, 3.8) is 0 Å². The molecule has 0 aliphatic rings. The molecule has 0 aliphatic carbocycles. The van der Waals surface area contributed by atoms with Gasteiger partial charge in [-0.15, -0.1) is 0 Å². The number of benzene rings is 1. The van der Waals surface area contributed by atoms with Gasteiger partial charge in [0.25, 0.3) is 5.91 Å². The molecule has 5 nitrogen and oxygen atoms in total. The predicted octanol–water partition coefficient (Wildman–Crippen LogP) is 0.851. The van der Waals surface area contributed by atoms with Crippen molar-refractivity contribution >= 4 is 17.5 Å². The van der Waals surface area contributed by atoms with Gasteiger partial charge in [0.1, 0.15) is 12.3 Å². The Kier molecular flexibility index (Phi) is 5.27. The van der Waals surface area contributed by atoms with E-state index < -0.39 is 5.91 Å². The molecule has 1 aromatic carbocycles. The van der Waals surface area contributed by atoms with Gasteiger partial charge < -0.3 is 15.2 Å². The molecular formula is C11H11ClN2O3. The van der Waals surface area contributed by atoms with Gasteiger partial charge in [-0.3, -0.25) is 4.79 Å². The van der Waals surface area contributed by atoms with Crippen LogP contribution in [0.3, 0.4) is 0 Å². The van der Waals surface area contributed by atoms with Crippen LogP contribution >= 0.6 is 11.6 Å². The summed E-state index contributed by atoms with van der Waals surface area (Å²) in [5, 5.41) is 20.0. The lowest BCUT2D eigenvalue weighted by atomic mass is 10.2. The van der Waals surface area contributed by atoms with Crippen LogP contribution in [0.2, 0.25) is 5.02 Å². The lowest BCUT2D eigenvalue weighted by molar-refractivity contribution is -0.122. The summed E-state index contributed by atoms with van der Waals surface area (Å²) in [6.45, 7) is -0.550. The van der Waals surface area contributed by atoms with E-state index in [4.69, 9.17) is 26.7 Å². The lowest BCUT2D eigenvalue weighted by Gasteiger charge is -2.11. The average Bonchev–Trinajstić information content (AvgIpc) is 2.34. The van der Waals surface area contributed by atoms with Crippen LogP contribution in [0.4, 0.5) is 0 Å². The van der Waals surface area contributed by atoms with Gasteiger partial charge in [0.15, 0.2) is 6.61 Å². The maximum atomic E-state index is 11.2. The van der Waals surface area contributed by atoms with Crippen LogP contribution in [0.1, 0.15) is 5.56 Å². The molecule has 0 fully saturated rings. The van der Waals surface area contributed by atoms with Crippen LogP contribution in [-0.4, -0.2) is 24.2 Å². The van der Waals surface area contributed by atoms with Crippen molar-refractivity contribution in [2.24, 2.45) is 0 Å². The molecule has 1 rings (SSSR count). The van der Waals surface area contributed by atoms with E-state index >= 15 is 0 Å². The largest absolute Gasteiger partial charge is 0.482 e. The number of hydrogen-bond acceptors (Lipinski definition) is 4. The van der Waals surface area contributed by atoms with E-state index in [0.29, 0.717) is 10.6 Å². The minimum Gasteiger partial charge on any atom is -0.482 e. The number of amides is 1. The van der Waals surface area contributed by atoms with Gasteiger partial charge in [0.2, 0.25) is 0 Å². The summed E-state index contributed by atoms with van der Waals surface area (Å²) >= 11 is 5.88. The third-order valence-electron chi connectivity index (χ3n) is 1.93. The van der Waals surface area contributed by atoms with E-state index in [1.54, 1.807) is 24.3 Å². The molecule has 0 aromatic heterocycles. The van der Waals surface area contributed by atoms with Gasteiger partial charge in [0.05, 0.1) is 17.7 Å². The lowest BCUT2D eigenvalue weighted by Crippen LogP contribution is -2.29. The first-order valence-corrected chi connectivity index (χ1v) is 5.21. The van der Waals surface area contributed by atoms with Crippen molar-refractivity contribution in [1.29, 1.82) is 5.26 Å². The number of hydrogen-bond donors (Lipinski definition) is 2. The van der Waals surface area contributed by atoms with Crippen LogP contribution < -0.4 is 10.1 Å². The summed E-state index contributed by atoms with van der Waals surface area (Å²) < 4.78 is 5.20. The fraction of sp³-hybridized carbons (Fsp3) is 0.273. The number of nitrogens with one attached hydrogen (secondary N) is 1. The summed E-state index contributed by atoms with van der Waals surface area (Å²) in [5.74, 6) is -0.140. The van der Waals surface area contributed by atoms with Gasteiger partial charge in [0, 0.05) is 5.56 Å². The Labute approximate surface area is 104 Å². The van der Waals surface area contributed by atoms with E-state index in [-0.39, 0.29) is 25.5 Å². The van der Waals surface area contributed by atoms with Crippen molar-refractivity contribution < 1.29 is 14.6 Å². The summed E-state index contributed by atoms with van der Waals surface area (Å²) in [5.41, 5.74) is 0.505. The highest BCUT2D eigenvalue weighted by Crippen LogP contribution is 2.28. The number of aliphatic hydroxyl groups is 1. The number of halogens is 1. The first-order chi connectivity index (χ1) is 8.19. The number of rotatable bonds is 5. The quantitative estimate of drug-likeness (QED) is 0.763. The third-order valence-corrected chi connectivity index (χ3v) is 2.23. The minimum atomic E-state index is -0.421. The molecule has 2 N–H and O–H groups in total. The van der Waals surface area contributed by atoms with Crippen molar-refractivity contribution in [3.05, 3.63) is 28.8 Å². The molecule has 0 saturated heterocycles. The normalized spacial score (nSPS) is 9.47. The van der Waals surface area contributed by atoms with E-state index in [1.807, 2.05) is 0 Å². The number of carbonyl (C=O) groups excluding carboxylic acids is 1.